The zero-order valence-corrected chi connectivity index (χ0v) is 11.5. The molecule has 3 nitrogen and oxygen atoms in total. The van der Waals surface area contributed by atoms with Crippen molar-refractivity contribution < 1.29 is 4.79 Å². The number of nitrogens with zero attached hydrogens (tertiary/aromatic N) is 1. The number of ketones is 1. The summed E-state index contributed by atoms with van der Waals surface area (Å²) in [5.41, 5.74) is 4.00. The van der Waals surface area contributed by atoms with Gasteiger partial charge in [0.25, 0.3) is 0 Å². The van der Waals surface area contributed by atoms with Crippen molar-refractivity contribution in [1.82, 2.24) is 10.3 Å². The van der Waals surface area contributed by atoms with E-state index in [0.717, 1.165) is 35.0 Å². The molecule has 0 amide bonds. The van der Waals surface area contributed by atoms with E-state index in [2.05, 4.69) is 16.4 Å². The third-order valence-electron chi connectivity index (χ3n) is 4.02. The second-order valence-electron chi connectivity index (χ2n) is 5.32. The first-order valence-corrected chi connectivity index (χ1v) is 7.03. The van der Waals surface area contributed by atoms with Crippen LogP contribution in [0.15, 0.2) is 54.9 Å². The zero-order chi connectivity index (χ0) is 14.2. The Morgan fingerprint density at radius 2 is 1.95 bits per heavy atom. The molecule has 1 aliphatic heterocycles. The van der Waals surface area contributed by atoms with Crippen LogP contribution in [0, 0.1) is 0 Å². The number of rotatable bonds is 2. The van der Waals surface area contributed by atoms with Crippen LogP contribution in [0.3, 0.4) is 0 Å². The van der Waals surface area contributed by atoms with Crippen LogP contribution in [0.4, 0.5) is 0 Å². The quantitative estimate of drug-likeness (QED) is 0.730. The first-order chi connectivity index (χ1) is 10.3. The van der Waals surface area contributed by atoms with Crippen molar-refractivity contribution >= 4 is 16.6 Å². The summed E-state index contributed by atoms with van der Waals surface area (Å²) in [7, 11) is 0. The number of carbonyl (C=O) groups excluding carboxylic acids is 1. The van der Waals surface area contributed by atoms with E-state index in [4.69, 9.17) is 0 Å². The lowest BCUT2D eigenvalue weighted by atomic mass is 9.96. The number of fused-ring (bicyclic) bond motifs is 2. The van der Waals surface area contributed by atoms with Crippen molar-refractivity contribution in [3.05, 3.63) is 77.1 Å². The maximum absolute atomic E-state index is 12.8. The minimum absolute atomic E-state index is 0.0708. The Morgan fingerprint density at radius 1 is 1.05 bits per heavy atom. The highest BCUT2D eigenvalue weighted by molar-refractivity contribution is 6.16. The summed E-state index contributed by atoms with van der Waals surface area (Å²) >= 11 is 0. The van der Waals surface area contributed by atoms with E-state index in [9.17, 15) is 4.79 Å². The van der Waals surface area contributed by atoms with Crippen molar-refractivity contribution in [3.8, 4) is 0 Å². The molecular weight excluding hydrogens is 260 g/mol. The van der Waals surface area contributed by atoms with Crippen molar-refractivity contribution in [2.75, 3.05) is 0 Å². The van der Waals surface area contributed by atoms with Crippen LogP contribution in [0.25, 0.3) is 10.8 Å². The third-order valence-corrected chi connectivity index (χ3v) is 4.02. The summed E-state index contributed by atoms with van der Waals surface area (Å²) in [6, 6.07) is 13.7. The molecule has 1 N–H and O–H groups in total. The lowest BCUT2D eigenvalue weighted by Crippen LogP contribution is -2.03. The SMILES string of the molecule is O=C(c1ccc2c(c1)CNC2)c1cccc2cnccc12. The Balaban J connectivity index is 1.83. The Hall–Kier alpha value is -2.52. The van der Waals surface area contributed by atoms with Crippen LogP contribution in [0.5, 0.6) is 0 Å². The molecular formula is C18H14N2O. The Morgan fingerprint density at radius 3 is 2.90 bits per heavy atom. The number of benzene rings is 2. The number of hydrogen-bond acceptors (Lipinski definition) is 3. The van der Waals surface area contributed by atoms with Gasteiger partial charge in [-0.2, -0.15) is 0 Å². The predicted octanol–water partition coefficient (Wildman–Crippen LogP) is 3.07. The average Bonchev–Trinajstić information content (AvgIpc) is 3.01. The van der Waals surface area contributed by atoms with Crippen LogP contribution in [-0.2, 0) is 13.1 Å². The molecule has 0 fully saturated rings. The molecule has 4 rings (SSSR count). The number of pyridine rings is 1. The van der Waals surface area contributed by atoms with Gasteiger partial charge in [-0.3, -0.25) is 9.78 Å². The molecule has 2 aromatic carbocycles. The fraction of sp³-hybridized carbons (Fsp3) is 0.111. The summed E-state index contributed by atoms with van der Waals surface area (Å²) in [4.78, 5) is 16.9. The highest BCUT2D eigenvalue weighted by atomic mass is 16.1. The molecule has 0 unspecified atom stereocenters. The highest BCUT2D eigenvalue weighted by Crippen LogP contribution is 2.23. The van der Waals surface area contributed by atoms with Crippen molar-refractivity contribution in [3.63, 3.8) is 0 Å². The molecule has 0 bridgehead atoms. The summed E-state index contributed by atoms with van der Waals surface area (Å²) in [5.74, 6) is 0.0708. The maximum Gasteiger partial charge on any atom is 0.193 e. The van der Waals surface area contributed by atoms with E-state index >= 15 is 0 Å². The number of aromatic nitrogens is 1. The molecule has 0 spiro atoms. The van der Waals surface area contributed by atoms with Crippen LogP contribution in [0.1, 0.15) is 27.0 Å². The maximum atomic E-state index is 12.8. The Kier molecular flexibility index (Phi) is 2.79. The molecule has 0 aliphatic carbocycles. The summed E-state index contributed by atoms with van der Waals surface area (Å²) in [5, 5.41) is 5.25. The molecule has 102 valence electrons. The fourth-order valence-corrected chi connectivity index (χ4v) is 2.91. The lowest BCUT2D eigenvalue weighted by molar-refractivity contribution is 0.104. The van der Waals surface area contributed by atoms with Crippen LogP contribution in [-0.4, -0.2) is 10.8 Å². The first kappa shape index (κ1) is 12.2. The van der Waals surface area contributed by atoms with Gasteiger partial charge < -0.3 is 5.32 Å². The van der Waals surface area contributed by atoms with Crippen LogP contribution >= 0.6 is 0 Å². The summed E-state index contributed by atoms with van der Waals surface area (Å²) < 4.78 is 0. The largest absolute Gasteiger partial charge is 0.309 e. The van der Waals surface area contributed by atoms with Gasteiger partial charge in [-0.25, -0.2) is 0 Å². The summed E-state index contributed by atoms with van der Waals surface area (Å²) in [6.07, 6.45) is 3.52. The fourth-order valence-electron chi connectivity index (χ4n) is 2.91. The van der Waals surface area contributed by atoms with E-state index in [1.54, 1.807) is 12.4 Å². The number of hydrogen-bond donors (Lipinski definition) is 1. The van der Waals surface area contributed by atoms with Gasteiger partial charge in [-0.1, -0.05) is 30.3 Å². The molecule has 0 saturated carbocycles. The third kappa shape index (κ3) is 2.03. The molecule has 3 aromatic rings. The van der Waals surface area contributed by atoms with Crippen molar-refractivity contribution in [2.45, 2.75) is 13.1 Å². The van der Waals surface area contributed by atoms with Crippen molar-refractivity contribution in [1.29, 1.82) is 0 Å². The molecule has 0 radical (unpaired) electrons. The first-order valence-electron chi connectivity index (χ1n) is 7.03. The topological polar surface area (TPSA) is 42.0 Å². The van der Waals surface area contributed by atoms with Gasteiger partial charge in [-0.05, 0) is 28.6 Å². The van der Waals surface area contributed by atoms with Gasteiger partial charge in [0.2, 0.25) is 0 Å². The monoisotopic (exact) mass is 274 g/mol. The van der Waals surface area contributed by atoms with Gasteiger partial charge >= 0.3 is 0 Å². The lowest BCUT2D eigenvalue weighted by Gasteiger charge is -2.07. The average molecular weight is 274 g/mol. The van der Waals surface area contributed by atoms with E-state index in [0.29, 0.717) is 0 Å². The Labute approximate surface area is 122 Å². The number of carbonyl (C=O) groups is 1. The second-order valence-corrected chi connectivity index (χ2v) is 5.32. The zero-order valence-electron chi connectivity index (χ0n) is 11.5. The molecule has 0 saturated heterocycles. The van der Waals surface area contributed by atoms with Gasteiger partial charge in [0.05, 0.1) is 0 Å². The van der Waals surface area contributed by atoms with E-state index in [1.165, 1.54) is 11.1 Å². The molecule has 0 atom stereocenters. The molecule has 2 heterocycles. The second kappa shape index (κ2) is 4.79. The standard InChI is InChI=1S/C18H14N2O/c21-18(12-4-5-13-9-20-11-15(13)8-12)17-3-1-2-14-10-19-7-6-16(14)17/h1-8,10,20H,9,11H2. The summed E-state index contributed by atoms with van der Waals surface area (Å²) in [6.45, 7) is 1.74. The Bertz CT molecular complexity index is 849. The molecule has 21 heavy (non-hydrogen) atoms. The van der Waals surface area contributed by atoms with Gasteiger partial charge in [-0.15, -0.1) is 0 Å². The predicted molar refractivity (Wildman–Crippen MR) is 82.2 cm³/mol. The van der Waals surface area contributed by atoms with E-state index < -0.39 is 0 Å². The van der Waals surface area contributed by atoms with Crippen molar-refractivity contribution in [2.24, 2.45) is 0 Å². The molecule has 3 heteroatoms. The minimum Gasteiger partial charge on any atom is -0.309 e. The minimum atomic E-state index is 0.0708. The smallest absolute Gasteiger partial charge is 0.193 e. The van der Waals surface area contributed by atoms with Gasteiger partial charge in [0.1, 0.15) is 0 Å². The van der Waals surface area contributed by atoms with Crippen LogP contribution in [0.2, 0.25) is 0 Å². The highest BCUT2D eigenvalue weighted by Gasteiger charge is 2.16. The molecule has 1 aliphatic rings. The van der Waals surface area contributed by atoms with E-state index in [1.807, 2.05) is 36.4 Å². The van der Waals surface area contributed by atoms with Gasteiger partial charge in [0.15, 0.2) is 5.78 Å². The number of nitrogens with one attached hydrogen (secondary N) is 1. The van der Waals surface area contributed by atoms with Crippen LogP contribution < -0.4 is 5.32 Å². The van der Waals surface area contributed by atoms with Gasteiger partial charge in [0, 0.05) is 42.0 Å². The van der Waals surface area contributed by atoms with E-state index in [-0.39, 0.29) is 5.78 Å². The normalized spacial score (nSPS) is 13.3. The molecule has 1 aromatic heterocycles.